The van der Waals surface area contributed by atoms with E-state index in [1.807, 2.05) is 0 Å². The van der Waals surface area contributed by atoms with Crippen LogP contribution in [0.25, 0.3) is 0 Å². The van der Waals surface area contributed by atoms with Gasteiger partial charge in [-0.05, 0) is 25.2 Å². The molecule has 15 heavy (non-hydrogen) atoms. The molecular formula is C12H20N2O. The Hall–Kier alpha value is -0.830. The number of fused-ring (bicyclic) bond motifs is 1. The molecule has 1 aliphatic rings. The molecule has 0 fully saturated rings. The van der Waals surface area contributed by atoms with Crippen molar-refractivity contribution in [1.82, 2.24) is 9.55 Å². The quantitative estimate of drug-likeness (QED) is 0.710. The van der Waals surface area contributed by atoms with E-state index in [0.717, 1.165) is 26.0 Å². The molecule has 1 aromatic heterocycles. The molecule has 0 saturated heterocycles. The van der Waals surface area contributed by atoms with Gasteiger partial charge in [0.1, 0.15) is 5.82 Å². The van der Waals surface area contributed by atoms with Crippen molar-refractivity contribution in [2.75, 3.05) is 13.7 Å². The van der Waals surface area contributed by atoms with Crippen LogP contribution in [0.15, 0.2) is 6.20 Å². The minimum Gasteiger partial charge on any atom is -0.385 e. The molecule has 0 bridgehead atoms. The van der Waals surface area contributed by atoms with Crippen molar-refractivity contribution in [3.8, 4) is 0 Å². The summed E-state index contributed by atoms with van der Waals surface area (Å²) in [6, 6.07) is 0. The molecule has 0 aromatic carbocycles. The largest absolute Gasteiger partial charge is 0.385 e. The Bertz CT molecular complexity index is 319. The summed E-state index contributed by atoms with van der Waals surface area (Å²) >= 11 is 0. The first kappa shape index (κ1) is 10.7. The number of hydrogen-bond acceptors (Lipinski definition) is 2. The third kappa shape index (κ3) is 2.23. The Labute approximate surface area is 91.5 Å². The Balaban J connectivity index is 2.06. The van der Waals surface area contributed by atoms with E-state index in [1.54, 1.807) is 7.11 Å². The molecule has 1 aromatic rings. The lowest BCUT2D eigenvalue weighted by atomic mass is 9.99. The van der Waals surface area contributed by atoms with Gasteiger partial charge < -0.3 is 9.30 Å². The number of rotatable bonds is 4. The van der Waals surface area contributed by atoms with Crippen LogP contribution in [0.1, 0.15) is 43.6 Å². The highest BCUT2D eigenvalue weighted by Gasteiger charge is 2.19. The third-order valence-electron chi connectivity index (χ3n) is 3.24. The van der Waals surface area contributed by atoms with Crippen molar-refractivity contribution >= 4 is 0 Å². The van der Waals surface area contributed by atoms with Crippen molar-refractivity contribution in [3.05, 3.63) is 17.7 Å². The van der Waals surface area contributed by atoms with Crippen molar-refractivity contribution in [2.24, 2.45) is 0 Å². The predicted octanol–water partition coefficient (Wildman–Crippen LogP) is 2.36. The lowest BCUT2D eigenvalue weighted by molar-refractivity contribution is 0.194. The Morgan fingerprint density at radius 1 is 1.60 bits per heavy atom. The van der Waals surface area contributed by atoms with Gasteiger partial charge in [-0.1, -0.05) is 6.92 Å². The molecule has 1 aliphatic heterocycles. The highest BCUT2D eigenvalue weighted by molar-refractivity contribution is 5.12. The lowest BCUT2D eigenvalue weighted by Gasteiger charge is -2.22. The molecule has 0 radical (unpaired) electrons. The van der Waals surface area contributed by atoms with E-state index in [9.17, 15) is 0 Å². The fourth-order valence-corrected chi connectivity index (χ4v) is 2.36. The molecule has 0 amide bonds. The molecule has 3 nitrogen and oxygen atoms in total. The zero-order chi connectivity index (χ0) is 10.7. The van der Waals surface area contributed by atoms with Crippen LogP contribution in [-0.2, 0) is 17.7 Å². The van der Waals surface area contributed by atoms with Crippen LogP contribution >= 0.6 is 0 Å². The fraction of sp³-hybridized carbons (Fsp3) is 0.750. The minimum absolute atomic E-state index is 0.683. The molecule has 2 heterocycles. The van der Waals surface area contributed by atoms with Gasteiger partial charge in [-0.25, -0.2) is 4.98 Å². The van der Waals surface area contributed by atoms with E-state index in [2.05, 4.69) is 22.7 Å². The lowest BCUT2D eigenvalue weighted by Crippen LogP contribution is -2.15. The van der Waals surface area contributed by atoms with Gasteiger partial charge in [-0.3, -0.25) is 0 Å². The highest BCUT2D eigenvalue weighted by Crippen LogP contribution is 2.27. The van der Waals surface area contributed by atoms with E-state index in [0.29, 0.717) is 5.92 Å². The molecule has 0 aliphatic carbocycles. The van der Waals surface area contributed by atoms with Crippen molar-refractivity contribution < 1.29 is 4.74 Å². The molecule has 2 rings (SSSR count). The summed E-state index contributed by atoms with van der Waals surface area (Å²) < 4.78 is 7.47. The molecule has 0 saturated carbocycles. The highest BCUT2D eigenvalue weighted by atomic mass is 16.5. The van der Waals surface area contributed by atoms with Gasteiger partial charge in [0, 0.05) is 38.6 Å². The number of aromatic nitrogens is 2. The zero-order valence-corrected chi connectivity index (χ0v) is 9.70. The van der Waals surface area contributed by atoms with Gasteiger partial charge in [-0.15, -0.1) is 0 Å². The summed E-state index contributed by atoms with van der Waals surface area (Å²) in [5, 5.41) is 0. The van der Waals surface area contributed by atoms with Crippen molar-refractivity contribution in [2.45, 2.75) is 45.1 Å². The number of hydrogen-bond donors (Lipinski definition) is 0. The number of ether oxygens (including phenoxy) is 1. The van der Waals surface area contributed by atoms with E-state index >= 15 is 0 Å². The summed E-state index contributed by atoms with van der Waals surface area (Å²) in [7, 11) is 1.75. The Kier molecular flexibility index (Phi) is 3.41. The molecule has 3 heteroatoms. The smallest absolute Gasteiger partial charge is 0.108 e. The van der Waals surface area contributed by atoms with Gasteiger partial charge >= 0.3 is 0 Å². The molecule has 0 spiro atoms. The average Bonchev–Trinajstić information content (AvgIpc) is 2.64. The van der Waals surface area contributed by atoms with E-state index in [4.69, 9.17) is 4.74 Å². The number of imidazole rings is 1. The number of aryl methyl sites for hydroxylation is 1. The second kappa shape index (κ2) is 4.79. The SMILES string of the molecule is COCCCc1ncc2n1CCCC2C. The summed E-state index contributed by atoms with van der Waals surface area (Å²) in [5.41, 5.74) is 1.42. The second-order valence-electron chi connectivity index (χ2n) is 4.39. The van der Waals surface area contributed by atoms with E-state index in [-0.39, 0.29) is 0 Å². The van der Waals surface area contributed by atoms with Crippen LogP contribution in [0, 0.1) is 0 Å². The van der Waals surface area contributed by atoms with Gasteiger partial charge in [0.05, 0.1) is 0 Å². The zero-order valence-electron chi connectivity index (χ0n) is 9.70. The normalized spacial score (nSPS) is 20.3. The van der Waals surface area contributed by atoms with Crippen LogP contribution < -0.4 is 0 Å². The molecule has 1 atom stereocenters. The minimum atomic E-state index is 0.683. The monoisotopic (exact) mass is 208 g/mol. The molecule has 0 N–H and O–H groups in total. The van der Waals surface area contributed by atoms with Crippen LogP contribution in [0.4, 0.5) is 0 Å². The molecule has 84 valence electrons. The first-order chi connectivity index (χ1) is 7.33. The molecular weight excluding hydrogens is 188 g/mol. The van der Waals surface area contributed by atoms with Gasteiger partial charge in [0.25, 0.3) is 0 Å². The maximum atomic E-state index is 5.07. The summed E-state index contributed by atoms with van der Waals surface area (Å²) in [4.78, 5) is 4.53. The first-order valence-corrected chi connectivity index (χ1v) is 5.86. The number of nitrogens with zero attached hydrogens (tertiary/aromatic N) is 2. The number of methoxy groups -OCH3 is 1. The average molecular weight is 208 g/mol. The fourth-order valence-electron chi connectivity index (χ4n) is 2.36. The van der Waals surface area contributed by atoms with E-state index in [1.165, 1.54) is 24.4 Å². The van der Waals surface area contributed by atoms with Crippen LogP contribution in [0.3, 0.4) is 0 Å². The van der Waals surface area contributed by atoms with Crippen LogP contribution in [0.2, 0.25) is 0 Å². The first-order valence-electron chi connectivity index (χ1n) is 5.86. The second-order valence-corrected chi connectivity index (χ2v) is 4.39. The topological polar surface area (TPSA) is 27.1 Å². The Morgan fingerprint density at radius 2 is 2.47 bits per heavy atom. The standard InChI is InChI=1S/C12H20N2O/c1-10-5-3-7-14-11(10)9-13-12(14)6-4-8-15-2/h9-10H,3-8H2,1-2H3. The van der Waals surface area contributed by atoms with E-state index < -0.39 is 0 Å². The van der Waals surface area contributed by atoms with Gasteiger partial charge in [0.2, 0.25) is 0 Å². The van der Waals surface area contributed by atoms with Crippen molar-refractivity contribution in [3.63, 3.8) is 0 Å². The molecule has 1 unspecified atom stereocenters. The van der Waals surface area contributed by atoms with Crippen LogP contribution in [0.5, 0.6) is 0 Å². The predicted molar refractivity (Wildman–Crippen MR) is 60.1 cm³/mol. The summed E-state index contributed by atoms with van der Waals surface area (Å²) in [6.45, 7) is 4.28. The van der Waals surface area contributed by atoms with Gasteiger partial charge in [0.15, 0.2) is 0 Å². The Morgan fingerprint density at radius 3 is 3.27 bits per heavy atom. The summed E-state index contributed by atoms with van der Waals surface area (Å²) in [6.07, 6.45) is 6.78. The maximum Gasteiger partial charge on any atom is 0.108 e. The summed E-state index contributed by atoms with van der Waals surface area (Å²) in [5.74, 6) is 1.93. The van der Waals surface area contributed by atoms with Gasteiger partial charge in [-0.2, -0.15) is 0 Å². The van der Waals surface area contributed by atoms with Crippen molar-refractivity contribution in [1.29, 1.82) is 0 Å². The third-order valence-corrected chi connectivity index (χ3v) is 3.24. The van der Waals surface area contributed by atoms with Crippen LogP contribution in [-0.4, -0.2) is 23.3 Å². The maximum absolute atomic E-state index is 5.07.